The van der Waals surface area contributed by atoms with Crippen LogP contribution in [0.4, 0.5) is 0 Å². The van der Waals surface area contributed by atoms with E-state index in [0.717, 1.165) is 17.3 Å². The van der Waals surface area contributed by atoms with Crippen molar-refractivity contribution in [2.75, 3.05) is 6.61 Å². The van der Waals surface area contributed by atoms with Gasteiger partial charge in [-0.15, -0.1) is 0 Å². The van der Waals surface area contributed by atoms with Gasteiger partial charge in [-0.05, 0) is 31.0 Å². The lowest BCUT2D eigenvalue weighted by atomic mass is 10.1. The first-order chi connectivity index (χ1) is 9.26. The molecule has 4 nitrogen and oxygen atoms in total. The Bertz CT molecular complexity index is 564. The van der Waals surface area contributed by atoms with Crippen molar-refractivity contribution in [3.05, 3.63) is 42.1 Å². The number of hydrogen-bond acceptors (Lipinski definition) is 3. The number of aliphatic hydroxyl groups is 1. The maximum absolute atomic E-state index is 12.3. The topological polar surface area (TPSA) is 62.2 Å². The number of aromatic nitrogens is 1. The Balaban J connectivity index is 2.26. The van der Waals surface area contributed by atoms with Crippen LogP contribution in [-0.4, -0.2) is 28.6 Å². The van der Waals surface area contributed by atoms with Crippen molar-refractivity contribution < 1.29 is 9.90 Å². The number of pyridine rings is 1. The molecule has 0 aliphatic carbocycles. The Labute approximate surface area is 112 Å². The SMILES string of the molecule is CCC(CCO)NC(=O)c1cccc2ncccc12. The average Bonchev–Trinajstić information content (AvgIpc) is 2.46. The van der Waals surface area contributed by atoms with Gasteiger partial charge in [0.2, 0.25) is 0 Å². The van der Waals surface area contributed by atoms with Crippen LogP contribution < -0.4 is 5.32 Å². The van der Waals surface area contributed by atoms with Gasteiger partial charge in [0, 0.05) is 29.8 Å². The standard InChI is InChI=1S/C15H18N2O2/c1-2-11(8-10-18)17-15(19)13-5-3-7-14-12(13)6-4-9-16-14/h3-7,9,11,18H,2,8,10H2,1H3,(H,17,19). The third-order valence-electron chi connectivity index (χ3n) is 3.20. The summed E-state index contributed by atoms with van der Waals surface area (Å²) in [6.07, 6.45) is 3.09. The van der Waals surface area contributed by atoms with E-state index in [0.29, 0.717) is 12.0 Å². The van der Waals surface area contributed by atoms with Crippen molar-refractivity contribution in [1.82, 2.24) is 10.3 Å². The molecule has 0 saturated carbocycles. The first kappa shape index (κ1) is 13.5. The zero-order valence-corrected chi connectivity index (χ0v) is 11.0. The van der Waals surface area contributed by atoms with Crippen molar-refractivity contribution in [2.45, 2.75) is 25.8 Å². The molecule has 2 aromatic rings. The van der Waals surface area contributed by atoms with E-state index < -0.39 is 0 Å². The van der Waals surface area contributed by atoms with Gasteiger partial charge >= 0.3 is 0 Å². The van der Waals surface area contributed by atoms with Crippen molar-refractivity contribution in [2.24, 2.45) is 0 Å². The van der Waals surface area contributed by atoms with Crippen molar-refractivity contribution >= 4 is 16.8 Å². The second kappa shape index (κ2) is 6.29. The number of aliphatic hydroxyl groups excluding tert-OH is 1. The Morgan fingerprint density at radius 2 is 2.21 bits per heavy atom. The van der Waals surface area contributed by atoms with Gasteiger partial charge in [0.05, 0.1) is 5.52 Å². The highest BCUT2D eigenvalue weighted by Gasteiger charge is 2.14. The summed E-state index contributed by atoms with van der Waals surface area (Å²) in [5.41, 5.74) is 1.44. The van der Waals surface area contributed by atoms with Crippen LogP contribution in [-0.2, 0) is 0 Å². The molecule has 0 bridgehead atoms. The molecule has 1 atom stereocenters. The van der Waals surface area contributed by atoms with E-state index in [-0.39, 0.29) is 18.6 Å². The number of carbonyl (C=O) groups is 1. The van der Waals surface area contributed by atoms with Gasteiger partial charge in [0.15, 0.2) is 0 Å². The van der Waals surface area contributed by atoms with Gasteiger partial charge in [-0.2, -0.15) is 0 Å². The summed E-state index contributed by atoms with van der Waals surface area (Å²) in [7, 11) is 0. The minimum atomic E-state index is -0.112. The minimum absolute atomic E-state index is 0.00410. The lowest BCUT2D eigenvalue weighted by Gasteiger charge is -2.16. The van der Waals surface area contributed by atoms with Crippen LogP contribution in [0.3, 0.4) is 0 Å². The lowest BCUT2D eigenvalue weighted by molar-refractivity contribution is 0.0931. The van der Waals surface area contributed by atoms with Gasteiger partial charge in [-0.25, -0.2) is 0 Å². The third kappa shape index (κ3) is 3.09. The molecule has 4 heteroatoms. The highest BCUT2D eigenvalue weighted by molar-refractivity contribution is 6.06. The first-order valence-corrected chi connectivity index (χ1v) is 6.51. The zero-order valence-electron chi connectivity index (χ0n) is 11.0. The zero-order chi connectivity index (χ0) is 13.7. The van der Waals surface area contributed by atoms with Crippen LogP contribution in [0.5, 0.6) is 0 Å². The second-order valence-corrected chi connectivity index (χ2v) is 4.47. The number of fused-ring (bicyclic) bond motifs is 1. The van der Waals surface area contributed by atoms with Crippen molar-refractivity contribution in [3.63, 3.8) is 0 Å². The fourth-order valence-corrected chi connectivity index (χ4v) is 2.10. The molecule has 0 aliphatic rings. The Hall–Kier alpha value is -1.94. The van der Waals surface area contributed by atoms with Gasteiger partial charge in [-0.3, -0.25) is 9.78 Å². The molecule has 1 amide bonds. The predicted octanol–water partition coefficient (Wildman–Crippen LogP) is 2.13. The van der Waals surface area contributed by atoms with Crippen LogP contribution >= 0.6 is 0 Å². The summed E-state index contributed by atoms with van der Waals surface area (Å²) in [5, 5.41) is 12.8. The summed E-state index contributed by atoms with van der Waals surface area (Å²) in [6.45, 7) is 2.07. The summed E-state index contributed by atoms with van der Waals surface area (Å²) < 4.78 is 0. The summed E-state index contributed by atoms with van der Waals surface area (Å²) in [4.78, 5) is 16.5. The van der Waals surface area contributed by atoms with E-state index in [1.165, 1.54) is 0 Å². The third-order valence-corrected chi connectivity index (χ3v) is 3.20. The summed E-state index contributed by atoms with van der Waals surface area (Å²) in [5.74, 6) is -0.112. The van der Waals surface area contributed by atoms with Crippen LogP contribution in [0.25, 0.3) is 10.9 Å². The van der Waals surface area contributed by atoms with Crippen LogP contribution in [0.15, 0.2) is 36.5 Å². The Morgan fingerprint density at radius 3 is 2.95 bits per heavy atom. The molecular formula is C15H18N2O2. The van der Waals surface area contributed by atoms with Crippen molar-refractivity contribution in [3.8, 4) is 0 Å². The number of rotatable bonds is 5. The molecule has 0 radical (unpaired) electrons. The Kier molecular flexibility index (Phi) is 4.47. The van der Waals surface area contributed by atoms with Crippen molar-refractivity contribution in [1.29, 1.82) is 0 Å². The number of benzene rings is 1. The van der Waals surface area contributed by atoms with Gasteiger partial charge < -0.3 is 10.4 Å². The molecule has 1 aromatic heterocycles. The molecule has 1 aromatic carbocycles. The van der Waals surface area contributed by atoms with E-state index in [2.05, 4.69) is 10.3 Å². The average molecular weight is 258 g/mol. The van der Waals surface area contributed by atoms with E-state index in [1.807, 2.05) is 31.2 Å². The first-order valence-electron chi connectivity index (χ1n) is 6.51. The monoisotopic (exact) mass is 258 g/mol. The lowest BCUT2D eigenvalue weighted by Crippen LogP contribution is -2.35. The Morgan fingerprint density at radius 1 is 1.37 bits per heavy atom. The quantitative estimate of drug-likeness (QED) is 0.863. The molecular weight excluding hydrogens is 240 g/mol. The molecule has 0 aliphatic heterocycles. The highest BCUT2D eigenvalue weighted by Crippen LogP contribution is 2.16. The highest BCUT2D eigenvalue weighted by atomic mass is 16.3. The number of nitrogens with zero attached hydrogens (tertiary/aromatic N) is 1. The molecule has 2 rings (SSSR count). The van der Waals surface area contributed by atoms with E-state index >= 15 is 0 Å². The minimum Gasteiger partial charge on any atom is -0.396 e. The molecule has 0 saturated heterocycles. The van der Waals surface area contributed by atoms with Crippen LogP contribution in [0, 0.1) is 0 Å². The fourth-order valence-electron chi connectivity index (χ4n) is 2.10. The van der Waals surface area contributed by atoms with Gasteiger partial charge in [-0.1, -0.05) is 19.1 Å². The largest absolute Gasteiger partial charge is 0.396 e. The molecule has 1 unspecified atom stereocenters. The number of nitrogens with one attached hydrogen (secondary N) is 1. The maximum atomic E-state index is 12.3. The van der Waals surface area contributed by atoms with Crippen LogP contribution in [0.1, 0.15) is 30.1 Å². The molecule has 1 heterocycles. The molecule has 2 N–H and O–H groups in total. The molecule has 19 heavy (non-hydrogen) atoms. The van der Waals surface area contributed by atoms with E-state index in [4.69, 9.17) is 5.11 Å². The summed E-state index contributed by atoms with van der Waals surface area (Å²) in [6, 6.07) is 9.23. The predicted molar refractivity (Wildman–Crippen MR) is 75.0 cm³/mol. The van der Waals surface area contributed by atoms with E-state index in [1.54, 1.807) is 12.3 Å². The smallest absolute Gasteiger partial charge is 0.252 e. The summed E-state index contributed by atoms with van der Waals surface area (Å²) >= 11 is 0. The second-order valence-electron chi connectivity index (χ2n) is 4.47. The normalized spacial score (nSPS) is 12.3. The fraction of sp³-hybridized carbons (Fsp3) is 0.333. The molecule has 0 spiro atoms. The maximum Gasteiger partial charge on any atom is 0.252 e. The molecule has 0 fully saturated rings. The number of carbonyl (C=O) groups excluding carboxylic acids is 1. The number of amides is 1. The number of hydrogen-bond donors (Lipinski definition) is 2. The molecule has 100 valence electrons. The van der Waals surface area contributed by atoms with Crippen LogP contribution in [0.2, 0.25) is 0 Å². The van der Waals surface area contributed by atoms with Gasteiger partial charge in [0.1, 0.15) is 0 Å². The van der Waals surface area contributed by atoms with Gasteiger partial charge in [0.25, 0.3) is 5.91 Å². The van der Waals surface area contributed by atoms with E-state index in [9.17, 15) is 4.79 Å².